The highest BCUT2D eigenvalue weighted by atomic mass is 19.3. The molecule has 1 aliphatic rings. The molecule has 158 valence electrons. The Bertz CT molecular complexity index is 1290. The number of aromatic nitrogens is 3. The number of fused-ring (bicyclic) bond motifs is 1. The number of aryl methyl sites for hydroxylation is 2. The Labute approximate surface area is 179 Å². The molecule has 1 saturated carbocycles. The first-order valence-corrected chi connectivity index (χ1v) is 10.4. The van der Waals surface area contributed by atoms with Gasteiger partial charge in [-0.2, -0.15) is 0 Å². The van der Waals surface area contributed by atoms with Crippen molar-refractivity contribution in [2.45, 2.75) is 45.5 Å². The van der Waals surface area contributed by atoms with Crippen molar-refractivity contribution in [1.82, 2.24) is 15.1 Å². The highest BCUT2D eigenvalue weighted by Crippen LogP contribution is 2.41. The number of nitrogens with zero attached hydrogens (tertiary/aromatic N) is 2. The van der Waals surface area contributed by atoms with Crippen molar-refractivity contribution in [2.24, 2.45) is 0 Å². The monoisotopic (exact) mass is 419 g/mol. The number of rotatable bonds is 5. The van der Waals surface area contributed by atoms with Gasteiger partial charge in [0.1, 0.15) is 11.6 Å². The Morgan fingerprint density at radius 3 is 2.45 bits per heavy atom. The largest absolute Gasteiger partial charge is 0.361 e. The smallest absolute Gasteiger partial charge is 0.270 e. The summed E-state index contributed by atoms with van der Waals surface area (Å²) in [6.07, 6.45) is 2.28. The maximum atomic E-state index is 13.6. The molecule has 2 aromatic carbocycles. The zero-order valence-electron chi connectivity index (χ0n) is 17.7. The lowest BCUT2D eigenvalue weighted by Gasteiger charge is -2.13. The van der Waals surface area contributed by atoms with E-state index in [1.54, 1.807) is 12.1 Å². The molecule has 0 radical (unpaired) electrons. The lowest BCUT2D eigenvalue weighted by atomic mass is 9.93. The Morgan fingerprint density at radius 1 is 1.16 bits per heavy atom. The number of aromatic amines is 1. The minimum absolute atomic E-state index is 0.0174. The molecule has 31 heavy (non-hydrogen) atoms. The van der Waals surface area contributed by atoms with Crippen molar-refractivity contribution in [1.29, 1.82) is 0 Å². The molecule has 0 unspecified atom stereocenters. The third-order valence-electron chi connectivity index (χ3n) is 5.96. The van der Waals surface area contributed by atoms with Crippen LogP contribution >= 0.6 is 0 Å². The standard InChI is InChI=1S/C25H23F2N3O/c1-13(16-7-9-19(10-8-16)25(4,26)27)20-11-18(22-14(2)30-31-15(22)3)12-21-23(20)29-24(28-21)17-5-6-17/h7-12,17H,1,5-6H2,2-4H3,(H,28,29). The molecular formula is C25H23F2N3O. The molecule has 0 saturated heterocycles. The van der Waals surface area contributed by atoms with E-state index in [0.29, 0.717) is 5.92 Å². The number of nitrogens with one attached hydrogen (secondary N) is 1. The number of hydrogen-bond acceptors (Lipinski definition) is 3. The average Bonchev–Trinajstić information content (AvgIpc) is 3.41. The lowest BCUT2D eigenvalue weighted by molar-refractivity contribution is 0.0175. The summed E-state index contributed by atoms with van der Waals surface area (Å²) in [6, 6.07) is 10.4. The van der Waals surface area contributed by atoms with Crippen LogP contribution in [0.4, 0.5) is 8.78 Å². The van der Waals surface area contributed by atoms with E-state index in [4.69, 9.17) is 9.51 Å². The van der Waals surface area contributed by atoms with Gasteiger partial charge in [-0.15, -0.1) is 0 Å². The summed E-state index contributed by atoms with van der Waals surface area (Å²) in [4.78, 5) is 8.32. The molecule has 0 aliphatic heterocycles. The van der Waals surface area contributed by atoms with Gasteiger partial charge in [-0.25, -0.2) is 13.8 Å². The molecule has 5 rings (SSSR count). The molecule has 4 aromatic rings. The van der Waals surface area contributed by atoms with Crippen LogP contribution in [0, 0.1) is 13.8 Å². The maximum absolute atomic E-state index is 13.6. The highest BCUT2D eigenvalue weighted by molar-refractivity contribution is 5.97. The van der Waals surface area contributed by atoms with Crippen LogP contribution in [0.3, 0.4) is 0 Å². The van der Waals surface area contributed by atoms with Crippen molar-refractivity contribution in [3.05, 3.63) is 76.9 Å². The fourth-order valence-electron chi connectivity index (χ4n) is 4.08. The Hall–Kier alpha value is -3.28. The molecule has 0 spiro atoms. The summed E-state index contributed by atoms with van der Waals surface area (Å²) in [5.41, 5.74) is 6.86. The van der Waals surface area contributed by atoms with E-state index in [0.717, 1.165) is 75.9 Å². The van der Waals surface area contributed by atoms with Gasteiger partial charge in [-0.05, 0) is 55.5 Å². The summed E-state index contributed by atoms with van der Waals surface area (Å²) in [7, 11) is 0. The molecule has 1 N–H and O–H groups in total. The second kappa shape index (κ2) is 6.87. The van der Waals surface area contributed by atoms with Gasteiger partial charge in [0.2, 0.25) is 0 Å². The number of H-pyrrole nitrogens is 1. The third-order valence-corrected chi connectivity index (χ3v) is 5.96. The molecule has 4 nitrogen and oxygen atoms in total. The van der Waals surface area contributed by atoms with Gasteiger partial charge >= 0.3 is 0 Å². The van der Waals surface area contributed by atoms with Crippen molar-refractivity contribution in [2.75, 3.05) is 0 Å². The van der Waals surface area contributed by atoms with E-state index >= 15 is 0 Å². The summed E-state index contributed by atoms with van der Waals surface area (Å²) < 4.78 is 32.6. The van der Waals surface area contributed by atoms with Gasteiger partial charge < -0.3 is 9.51 Å². The minimum Gasteiger partial charge on any atom is -0.361 e. The van der Waals surface area contributed by atoms with E-state index < -0.39 is 5.92 Å². The summed E-state index contributed by atoms with van der Waals surface area (Å²) in [6.45, 7) is 9.00. The van der Waals surface area contributed by atoms with Crippen molar-refractivity contribution < 1.29 is 13.3 Å². The van der Waals surface area contributed by atoms with Gasteiger partial charge in [0.15, 0.2) is 0 Å². The Morgan fingerprint density at radius 2 is 1.87 bits per heavy atom. The molecule has 0 bridgehead atoms. The van der Waals surface area contributed by atoms with Crippen LogP contribution < -0.4 is 0 Å². The van der Waals surface area contributed by atoms with E-state index in [1.807, 2.05) is 26.0 Å². The minimum atomic E-state index is -2.88. The Kier molecular flexibility index (Phi) is 4.36. The first-order valence-electron chi connectivity index (χ1n) is 10.4. The highest BCUT2D eigenvalue weighted by Gasteiger charge is 2.28. The molecule has 1 fully saturated rings. The van der Waals surface area contributed by atoms with E-state index in [9.17, 15) is 8.78 Å². The van der Waals surface area contributed by atoms with Gasteiger partial charge in [-0.3, -0.25) is 0 Å². The summed E-state index contributed by atoms with van der Waals surface area (Å²) >= 11 is 0. The summed E-state index contributed by atoms with van der Waals surface area (Å²) in [5, 5.41) is 4.08. The van der Waals surface area contributed by atoms with Crippen LogP contribution in [0.5, 0.6) is 0 Å². The molecule has 2 heterocycles. The molecule has 1 aliphatic carbocycles. The second-order valence-electron chi connectivity index (χ2n) is 8.46. The quantitative estimate of drug-likeness (QED) is 0.383. The van der Waals surface area contributed by atoms with Gasteiger partial charge in [-0.1, -0.05) is 36.0 Å². The van der Waals surface area contributed by atoms with Crippen molar-refractivity contribution in [3.63, 3.8) is 0 Å². The summed E-state index contributed by atoms with van der Waals surface area (Å²) in [5.74, 6) is -0.678. The second-order valence-corrected chi connectivity index (χ2v) is 8.46. The molecule has 0 atom stereocenters. The number of hydrogen-bond donors (Lipinski definition) is 1. The average molecular weight is 419 g/mol. The first kappa shape index (κ1) is 19.7. The van der Waals surface area contributed by atoms with Gasteiger partial charge in [0.05, 0.1) is 16.7 Å². The molecule has 0 amide bonds. The van der Waals surface area contributed by atoms with E-state index in [-0.39, 0.29) is 5.56 Å². The SMILES string of the molecule is C=C(c1ccc(C(C)(F)F)cc1)c1cc(-c2c(C)noc2C)cc2nc(C3CC3)[nH]c12. The lowest BCUT2D eigenvalue weighted by Crippen LogP contribution is -2.06. The number of halogens is 2. The van der Waals surface area contributed by atoms with Crippen LogP contribution in [0.2, 0.25) is 0 Å². The van der Waals surface area contributed by atoms with Gasteiger partial charge in [0, 0.05) is 29.5 Å². The van der Waals surface area contributed by atoms with E-state index in [2.05, 4.69) is 16.7 Å². The Balaban J connectivity index is 1.66. The number of benzene rings is 2. The van der Waals surface area contributed by atoms with E-state index in [1.165, 1.54) is 12.1 Å². The van der Waals surface area contributed by atoms with Crippen molar-refractivity contribution in [3.8, 4) is 11.1 Å². The molecule has 2 aromatic heterocycles. The fraction of sp³-hybridized carbons (Fsp3) is 0.280. The van der Waals surface area contributed by atoms with Crippen molar-refractivity contribution >= 4 is 16.6 Å². The number of imidazole rings is 1. The predicted octanol–water partition coefficient (Wildman–Crippen LogP) is 6.89. The maximum Gasteiger partial charge on any atom is 0.270 e. The van der Waals surface area contributed by atoms with Crippen LogP contribution in [0.25, 0.3) is 27.7 Å². The third kappa shape index (κ3) is 3.46. The van der Waals surface area contributed by atoms with Gasteiger partial charge in [0.25, 0.3) is 5.92 Å². The first-order chi connectivity index (χ1) is 14.7. The van der Waals surface area contributed by atoms with Crippen LogP contribution in [0.1, 0.15) is 59.7 Å². The topological polar surface area (TPSA) is 54.7 Å². The zero-order valence-corrected chi connectivity index (χ0v) is 17.7. The number of alkyl halides is 2. The van der Waals surface area contributed by atoms with Crippen LogP contribution in [-0.4, -0.2) is 15.1 Å². The predicted molar refractivity (Wildman–Crippen MR) is 117 cm³/mol. The molecule has 6 heteroatoms. The van der Waals surface area contributed by atoms with Crippen LogP contribution in [-0.2, 0) is 5.92 Å². The fourth-order valence-corrected chi connectivity index (χ4v) is 4.08. The molecular weight excluding hydrogens is 396 g/mol. The van der Waals surface area contributed by atoms with Crippen LogP contribution in [0.15, 0.2) is 47.5 Å². The normalized spacial score (nSPS) is 14.4. The zero-order chi connectivity index (χ0) is 21.9.